The minimum Gasteiger partial charge on any atom is -0.393 e. The number of hydrogen-bond donors (Lipinski definition) is 3. The van der Waals surface area contributed by atoms with Gasteiger partial charge in [0.1, 0.15) is 10.8 Å². The van der Waals surface area contributed by atoms with Gasteiger partial charge in [-0.2, -0.15) is 4.98 Å². The first kappa shape index (κ1) is 23.6. The number of benzene rings is 1. The molecule has 0 saturated heterocycles. The van der Waals surface area contributed by atoms with Gasteiger partial charge in [0, 0.05) is 25.0 Å². The third kappa shape index (κ3) is 6.96. The molecule has 7 nitrogen and oxygen atoms in total. The maximum Gasteiger partial charge on any atom is 0.224 e. The summed E-state index contributed by atoms with van der Waals surface area (Å²) in [5.74, 6) is 1.44. The summed E-state index contributed by atoms with van der Waals surface area (Å²) in [5, 5.41) is 17.7. The van der Waals surface area contributed by atoms with Crippen molar-refractivity contribution in [1.82, 2.24) is 15.0 Å². The Morgan fingerprint density at radius 1 is 1.06 bits per heavy atom. The van der Waals surface area contributed by atoms with Crippen LogP contribution in [-0.2, 0) is 18.0 Å². The molecule has 0 bridgehead atoms. The molecule has 3 aromatic rings. The van der Waals surface area contributed by atoms with Gasteiger partial charge in [-0.25, -0.2) is 9.97 Å². The molecule has 0 radical (unpaired) electrons. The van der Waals surface area contributed by atoms with Crippen LogP contribution in [0.5, 0.6) is 0 Å². The Morgan fingerprint density at radius 2 is 1.88 bits per heavy atom. The fraction of sp³-hybridized carbons (Fsp3) is 0.480. The van der Waals surface area contributed by atoms with E-state index < -0.39 is 0 Å². The smallest absolute Gasteiger partial charge is 0.224 e. The number of aliphatic hydroxyl groups is 1. The molecule has 0 unspecified atom stereocenters. The Balaban J connectivity index is 1.45. The van der Waals surface area contributed by atoms with Crippen LogP contribution in [0.1, 0.15) is 55.9 Å². The highest BCUT2D eigenvalue weighted by atomic mass is 32.1. The molecule has 176 valence electrons. The highest BCUT2D eigenvalue weighted by Crippen LogP contribution is 2.32. The summed E-state index contributed by atoms with van der Waals surface area (Å²) >= 11 is 1.61. The van der Waals surface area contributed by atoms with E-state index in [1.165, 1.54) is 0 Å². The fourth-order valence-electron chi connectivity index (χ4n) is 3.87. The number of unbranched alkanes of at least 4 members (excludes halogenated alkanes) is 1. The Hall–Kier alpha value is -2.55. The molecule has 2 aromatic heterocycles. The largest absolute Gasteiger partial charge is 0.393 e. The van der Waals surface area contributed by atoms with Crippen LogP contribution < -0.4 is 10.6 Å². The van der Waals surface area contributed by atoms with E-state index >= 15 is 0 Å². The lowest BCUT2D eigenvalue weighted by Gasteiger charge is -2.27. The van der Waals surface area contributed by atoms with E-state index in [2.05, 4.69) is 39.7 Å². The van der Waals surface area contributed by atoms with Crippen LogP contribution in [0.15, 0.2) is 42.7 Å². The quantitative estimate of drug-likeness (QED) is 0.332. The number of aromatic nitrogens is 3. The lowest BCUT2D eigenvalue weighted by Crippen LogP contribution is -2.29. The molecule has 1 aliphatic rings. The van der Waals surface area contributed by atoms with E-state index in [0.29, 0.717) is 25.2 Å². The SMILES string of the molecule is CCCCNc1ncc(-c2ncc(COCc3ccccc3)s2)c(N[C@H]2CC[C@H](O)CC2)n1. The van der Waals surface area contributed by atoms with Crippen molar-refractivity contribution in [3.63, 3.8) is 0 Å². The number of nitrogens with one attached hydrogen (secondary N) is 2. The van der Waals surface area contributed by atoms with Crippen LogP contribution in [0.2, 0.25) is 0 Å². The Labute approximate surface area is 199 Å². The minimum absolute atomic E-state index is 0.184. The maximum absolute atomic E-state index is 9.85. The summed E-state index contributed by atoms with van der Waals surface area (Å²) in [6.07, 6.45) is 9.24. The Morgan fingerprint density at radius 3 is 2.67 bits per heavy atom. The molecule has 8 heteroatoms. The Bertz CT molecular complexity index is 989. The molecule has 3 N–H and O–H groups in total. The van der Waals surface area contributed by atoms with Crippen molar-refractivity contribution in [1.29, 1.82) is 0 Å². The van der Waals surface area contributed by atoms with Crippen molar-refractivity contribution in [2.75, 3.05) is 17.2 Å². The third-order valence-corrected chi connectivity index (χ3v) is 6.78. The average molecular weight is 468 g/mol. The van der Waals surface area contributed by atoms with E-state index in [4.69, 9.17) is 9.72 Å². The molecule has 0 atom stereocenters. The molecule has 1 saturated carbocycles. The third-order valence-electron chi connectivity index (χ3n) is 5.78. The highest BCUT2D eigenvalue weighted by Gasteiger charge is 2.22. The molecule has 2 heterocycles. The molecular formula is C25H33N5O2S. The number of ether oxygens (including phenoxy) is 1. The van der Waals surface area contributed by atoms with E-state index in [-0.39, 0.29) is 6.10 Å². The van der Waals surface area contributed by atoms with E-state index in [0.717, 1.165) is 71.9 Å². The van der Waals surface area contributed by atoms with Crippen LogP contribution in [0.3, 0.4) is 0 Å². The molecule has 4 rings (SSSR count). The monoisotopic (exact) mass is 467 g/mol. The van der Waals surface area contributed by atoms with Gasteiger partial charge in [-0.05, 0) is 37.7 Å². The van der Waals surface area contributed by atoms with Gasteiger partial charge in [0.05, 0.1) is 29.8 Å². The van der Waals surface area contributed by atoms with Crippen molar-refractivity contribution in [2.24, 2.45) is 0 Å². The zero-order valence-corrected chi connectivity index (χ0v) is 20.0. The predicted octanol–water partition coefficient (Wildman–Crippen LogP) is 5.24. The van der Waals surface area contributed by atoms with Crippen molar-refractivity contribution in [2.45, 2.75) is 70.8 Å². The Kier molecular flexibility index (Phi) is 8.63. The summed E-state index contributed by atoms with van der Waals surface area (Å²) in [5.41, 5.74) is 2.06. The van der Waals surface area contributed by atoms with Gasteiger partial charge in [0.15, 0.2) is 0 Å². The maximum atomic E-state index is 9.85. The van der Waals surface area contributed by atoms with E-state index in [1.54, 1.807) is 11.3 Å². The molecule has 1 aliphatic carbocycles. The second-order valence-corrected chi connectivity index (χ2v) is 9.61. The van der Waals surface area contributed by atoms with Crippen LogP contribution in [0.25, 0.3) is 10.6 Å². The summed E-state index contributed by atoms with van der Waals surface area (Å²) in [4.78, 5) is 15.0. The summed E-state index contributed by atoms with van der Waals surface area (Å²) in [6.45, 7) is 4.12. The van der Waals surface area contributed by atoms with Gasteiger partial charge < -0.3 is 20.5 Å². The number of anilines is 2. The summed E-state index contributed by atoms with van der Waals surface area (Å²) in [7, 11) is 0. The first-order valence-electron chi connectivity index (χ1n) is 11.8. The topological polar surface area (TPSA) is 92.2 Å². The molecule has 1 fully saturated rings. The first-order chi connectivity index (χ1) is 16.2. The lowest BCUT2D eigenvalue weighted by molar-refractivity contribution is 0.109. The van der Waals surface area contributed by atoms with Crippen LogP contribution >= 0.6 is 11.3 Å². The summed E-state index contributed by atoms with van der Waals surface area (Å²) < 4.78 is 5.88. The number of rotatable bonds is 11. The van der Waals surface area contributed by atoms with Crippen LogP contribution in [-0.4, -0.2) is 38.7 Å². The number of nitrogens with zero attached hydrogens (tertiary/aromatic N) is 3. The van der Waals surface area contributed by atoms with E-state index in [9.17, 15) is 5.11 Å². The number of thiazole rings is 1. The van der Waals surface area contributed by atoms with Gasteiger partial charge in [-0.15, -0.1) is 11.3 Å². The van der Waals surface area contributed by atoms with Crippen molar-refractivity contribution in [3.05, 3.63) is 53.2 Å². The summed E-state index contributed by atoms with van der Waals surface area (Å²) in [6, 6.07) is 10.5. The van der Waals surface area contributed by atoms with E-state index in [1.807, 2.05) is 30.6 Å². The van der Waals surface area contributed by atoms with Crippen molar-refractivity contribution in [3.8, 4) is 10.6 Å². The number of hydrogen-bond acceptors (Lipinski definition) is 8. The normalized spacial score (nSPS) is 18.2. The lowest BCUT2D eigenvalue weighted by atomic mass is 9.93. The minimum atomic E-state index is -0.184. The van der Waals surface area contributed by atoms with Crippen LogP contribution in [0, 0.1) is 0 Å². The van der Waals surface area contributed by atoms with Gasteiger partial charge in [0.25, 0.3) is 0 Å². The van der Waals surface area contributed by atoms with Crippen molar-refractivity contribution >= 4 is 23.1 Å². The first-order valence-corrected chi connectivity index (χ1v) is 12.6. The molecular weight excluding hydrogens is 434 g/mol. The van der Waals surface area contributed by atoms with Gasteiger partial charge in [-0.3, -0.25) is 0 Å². The fourth-order valence-corrected chi connectivity index (χ4v) is 4.73. The van der Waals surface area contributed by atoms with Gasteiger partial charge in [0.2, 0.25) is 5.95 Å². The predicted molar refractivity (Wildman–Crippen MR) is 133 cm³/mol. The van der Waals surface area contributed by atoms with Gasteiger partial charge >= 0.3 is 0 Å². The molecule has 0 amide bonds. The molecule has 0 spiro atoms. The average Bonchev–Trinajstić information content (AvgIpc) is 3.30. The molecule has 0 aliphatic heterocycles. The second kappa shape index (κ2) is 12.1. The zero-order chi connectivity index (χ0) is 22.9. The van der Waals surface area contributed by atoms with Crippen LogP contribution in [0.4, 0.5) is 11.8 Å². The second-order valence-electron chi connectivity index (χ2n) is 8.50. The standard InChI is InChI=1S/C25H33N5O2S/c1-2-3-13-26-25-28-15-22(23(30-25)29-19-9-11-20(31)12-10-19)24-27-14-21(33-24)17-32-16-18-7-5-4-6-8-18/h4-8,14-15,19-20,31H,2-3,9-13,16-17H2,1H3,(H2,26,28,29,30)/t19-,20-. The molecule has 33 heavy (non-hydrogen) atoms. The highest BCUT2D eigenvalue weighted by molar-refractivity contribution is 7.15. The molecule has 1 aromatic carbocycles. The number of aliphatic hydroxyl groups excluding tert-OH is 1. The van der Waals surface area contributed by atoms with Crippen molar-refractivity contribution < 1.29 is 9.84 Å². The zero-order valence-electron chi connectivity index (χ0n) is 19.2. The van der Waals surface area contributed by atoms with Gasteiger partial charge in [-0.1, -0.05) is 43.7 Å².